The van der Waals surface area contributed by atoms with Crippen LogP contribution in [0.5, 0.6) is 0 Å². The smallest absolute Gasteiger partial charge is 0.316 e. The number of hydrogen-bond acceptors (Lipinski definition) is 2. The number of aliphatic hydroxyl groups excluding tert-OH is 1. The van der Waals surface area contributed by atoms with Gasteiger partial charge in [0.25, 0.3) is 0 Å². The highest BCUT2D eigenvalue weighted by molar-refractivity contribution is 6.30. The summed E-state index contributed by atoms with van der Waals surface area (Å²) in [6.07, 6.45) is 1.84. The van der Waals surface area contributed by atoms with Gasteiger partial charge in [-0.25, -0.2) is 0 Å². The van der Waals surface area contributed by atoms with Crippen molar-refractivity contribution in [1.82, 2.24) is 0 Å². The average molecular weight is 255 g/mol. The maximum Gasteiger partial charge on any atom is 0.316 e. The van der Waals surface area contributed by atoms with Crippen LogP contribution in [-0.4, -0.2) is 22.3 Å². The van der Waals surface area contributed by atoms with Crippen LogP contribution in [0.1, 0.15) is 31.2 Å². The normalized spacial score (nSPS) is 28.9. The fourth-order valence-electron chi connectivity index (χ4n) is 2.63. The van der Waals surface area contributed by atoms with E-state index in [2.05, 4.69) is 0 Å². The Morgan fingerprint density at radius 2 is 2.18 bits per heavy atom. The standard InChI is InChI=1S/C13H15ClO3/c14-10-5-3-4-9(8-10)13(12(16)17)7-2-1-6-11(13)15/h3-5,8,11,15H,1-2,6-7H2,(H,16,17). The maximum absolute atomic E-state index is 11.6. The van der Waals surface area contributed by atoms with Crippen molar-refractivity contribution in [3.63, 3.8) is 0 Å². The Hall–Kier alpha value is -1.06. The minimum atomic E-state index is -1.19. The quantitative estimate of drug-likeness (QED) is 0.853. The number of rotatable bonds is 2. The molecule has 0 saturated heterocycles. The number of hydrogen-bond donors (Lipinski definition) is 2. The van der Waals surface area contributed by atoms with Gasteiger partial charge in [0.15, 0.2) is 0 Å². The summed E-state index contributed by atoms with van der Waals surface area (Å²) in [4.78, 5) is 11.6. The van der Waals surface area contributed by atoms with Crippen LogP contribution >= 0.6 is 11.6 Å². The molecule has 1 aliphatic carbocycles. The minimum absolute atomic E-state index is 0.462. The lowest BCUT2D eigenvalue weighted by molar-refractivity contribution is -0.151. The number of aliphatic carboxylic acids is 1. The van der Waals surface area contributed by atoms with E-state index in [1.807, 2.05) is 0 Å². The van der Waals surface area contributed by atoms with Gasteiger partial charge < -0.3 is 10.2 Å². The molecule has 2 rings (SSSR count). The van der Waals surface area contributed by atoms with Gasteiger partial charge in [-0.3, -0.25) is 4.79 Å². The maximum atomic E-state index is 11.6. The molecule has 2 unspecified atom stereocenters. The van der Waals surface area contributed by atoms with E-state index in [0.29, 0.717) is 23.4 Å². The third-order valence-corrected chi connectivity index (χ3v) is 3.82. The Morgan fingerprint density at radius 3 is 2.76 bits per heavy atom. The first-order chi connectivity index (χ1) is 8.07. The second-order valence-electron chi connectivity index (χ2n) is 4.55. The van der Waals surface area contributed by atoms with Gasteiger partial charge in [-0.15, -0.1) is 0 Å². The van der Waals surface area contributed by atoms with Crippen LogP contribution in [0, 0.1) is 0 Å². The van der Waals surface area contributed by atoms with Crippen LogP contribution in [0.25, 0.3) is 0 Å². The first-order valence-electron chi connectivity index (χ1n) is 5.75. The molecule has 1 aliphatic rings. The molecule has 1 aromatic carbocycles. The summed E-state index contributed by atoms with van der Waals surface area (Å²) >= 11 is 5.90. The summed E-state index contributed by atoms with van der Waals surface area (Å²) in [6, 6.07) is 6.80. The largest absolute Gasteiger partial charge is 0.481 e. The van der Waals surface area contributed by atoms with E-state index >= 15 is 0 Å². The number of carbonyl (C=O) groups is 1. The van der Waals surface area contributed by atoms with E-state index in [1.54, 1.807) is 24.3 Å². The first-order valence-corrected chi connectivity index (χ1v) is 6.12. The Kier molecular flexibility index (Phi) is 3.40. The summed E-state index contributed by atoms with van der Waals surface area (Å²) in [6.45, 7) is 0. The highest BCUT2D eigenvalue weighted by Gasteiger charge is 2.48. The van der Waals surface area contributed by atoms with Gasteiger partial charge in [0.2, 0.25) is 0 Å². The molecule has 0 radical (unpaired) electrons. The average Bonchev–Trinajstić information content (AvgIpc) is 2.29. The van der Waals surface area contributed by atoms with Crippen LogP contribution in [0.15, 0.2) is 24.3 Å². The molecule has 1 fully saturated rings. The van der Waals surface area contributed by atoms with Crippen LogP contribution in [0.3, 0.4) is 0 Å². The third kappa shape index (κ3) is 2.05. The molecular weight excluding hydrogens is 240 g/mol. The predicted molar refractivity (Wildman–Crippen MR) is 65.2 cm³/mol. The molecule has 0 aromatic heterocycles. The van der Waals surface area contributed by atoms with Crippen molar-refractivity contribution in [3.05, 3.63) is 34.9 Å². The lowest BCUT2D eigenvalue weighted by Gasteiger charge is -2.38. The van der Waals surface area contributed by atoms with Crippen molar-refractivity contribution in [2.24, 2.45) is 0 Å². The van der Waals surface area contributed by atoms with Gasteiger partial charge in [-0.1, -0.05) is 36.6 Å². The fourth-order valence-corrected chi connectivity index (χ4v) is 2.82. The predicted octanol–water partition coefficient (Wildman–Crippen LogP) is 2.60. The SMILES string of the molecule is O=C(O)C1(c2cccc(Cl)c2)CCCCC1O. The lowest BCUT2D eigenvalue weighted by Crippen LogP contribution is -2.48. The van der Waals surface area contributed by atoms with E-state index < -0.39 is 17.5 Å². The number of aliphatic hydroxyl groups is 1. The Labute approximate surface area is 105 Å². The summed E-state index contributed by atoms with van der Waals surface area (Å²) in [5.74, 6) is -0.966. The van der Waals surface area contributed by atoms with E-state index in [0.717, 1.165) is 12.8 Å². The number of benzene rings is 1. The van der Waals surface area contributed by atoms with Gasteiger partial charge in [0, 0.05) is 5.02 Å². The summed E-state index contributed by atoms with van der Waals surface area (Å²) in [7, 11) is 0. The molecule has 2 atom stereocenters. The molecule has 2 N–H and O–H groups in total. The zero-order valence-corrected chi connectivity index (χ0v) is 10.2. The zero-order chi connectivity index (χ0) is 12.5. The summed E-state index contributed by atoms with van der Waals surface area (Å²) < 4.78 is 0. The number of carboxylic acid groups (broad SMARTS) is 1. The van der Waals surface area contributed by atoms with Crippen LogP contribution in [0.4, 0.5) is 0 Å². The van der Waals surface area contributed by atoms with Crippen LogP contribution < -0.4 is 0 Å². The molecule has 1 saturated carbocycles. The van der Waals surface area contributed by atoms with Gasteiger partial charge >= 0.3 is 5.97 Å². The van der Waals surface area contributed by atoms with Crippen molar-refractivity contribution in [3.8, 4) is 0 Å². The second kappa shape index (κ2) is 4.67. The van der Waals surface area contributed by atoms with Crippen molar-refractivity contribution in [1.29, 1.82) is 0 Å². The molecule has 0 amide bonds. The van der Waals surface area contributed by atoms with Crippen molar-refractivity contribution < 1.29 is 15.0 Å². The second-order valence-corrected chi connectivity index (χ2v) is 4.98. The number of halogens is 1. The molecule has 0 heterocycles. The summed E-state index contributed by atoms with van der Waals surface area (Å²) in [5.41, 5.74) is -0.590. The van der Waals surface area contributed by atoms with Crippen LogP contribution in [-0.2, 0) is 10.2 Å². The van der Waals surface area contributed by atoms with Gasteiger partial charge in [0.05, 0.1) is 6.10 Å². The highest BCUT2D eigenvalue weighted by Crippen LogP contribution is 2.40. The van der Waals surface area contributed by atoms with E-state index in [4.69, 9.17) is 11.6 Å². The van der Waals surface area contributed by atoms with Crippen molar-refractivity contribution >= 4 is 17.6 Å². The molecule has 17 heavy (non-hydrogen) atoms. The monoisotopic (exact) mass is 254 g/mol. The highest BCUT2D eigenvalue weighted by atomic mass is 35.5. The number of carboxylic acids is 1. The molecule has 3 nitrogen and oxygen atoms in total. The topological polar surface area (TPSA) is 57.5 Å². The van der Waals surface area contributed by atoms with Gasteiger partial charge in [0.1, 0.15) is 5.41 Å². The lowest BCUT2D eigenvalue weighted by atomic mass is 9.67. The molecule has 1 aromatic rings. The van der Waals surface area contributed by atoms with E-state index in [9.17, 15) is 15.0 Å². The van der Waals surface area contributed by atoms with Gasteiger partial charge in [-0.2, -0.15) is 0 Å². The molecular formula is C13H15ClO3. The fraction of sp³-hybridized carbons (Fsp3) is 0.462. The summed E-state index contributed by atoms with van der Waals surface area (Å²) in [5, 5.41) is 20.1. The Morgan fingerprint density at radius 1 is 1.41 bits per heavy atom. The minimum Gasteiger partial charge on any atom is -0.481 e. The van der Waals surface area contributed by atoms with E-state index in [1.165, 1.54) is 0 Å². The Balaban J connectivity index is 2.50. The van der Waals surface area contributed by atoms with Crippen molar-refractivity contribution in [2.45, 2.75) is 37.2 Å². The molecule has 4 heteroatoms. The molecule has 0 spiro atoms. The zero-order valence-electron chi connectivity index (χ0n) is 9.40. The molecule has 0 bridgehead atoms. The van der Waals surface area contributed by atoms with Crippen molar-refractivity contribution in [2.75, 3.05) is 0 Å². The molecule has 0 aliphatic heterocycles. The Bertz CT molecular complexity index is 432. The molecule has 92 valence electrons. The van der Waals surface area contributed by atoms with Gasteiger partial charge in [-0.05, 0) is 30.5 Å². The third-order valence-electron chi connectivity index (χ3n) is 3.59. The van der Waals surface area contributed by atoms with E-state index in [-0.39, 0.29) is 0 Å². The first kappa shape index (κ1) is 12.4. The van der Waals surface area contributed by atoms with Crippen LogP contribution in [0.2, 0.25) is 5.02 Å².